The SMILES string of the molecule is CC1CCC(NC(C)C)CC1.Clc1ccc(-c2[nH]ncc2-c2ccncc2)cc1. The van der Waals surface area contributed by atoms with E-state index in [9.17, 15) is 0 Å². The van der Waals surface area contributed by atoms with Crippen molar-refractivity contribution in [3.63, 3.8) is 0 Å². The van der Waals surface area contributed by atoms with E-state index in [1.54, 1.807) is 12.4 Å². The Kier molecular flexibility index (Phi) is 7.84. The Morgan fingerprint density at radius 2 is 1.62 bits per heavy atom. The van der Waals surface area contributed by atoms with Gasteiger partial charge in [0.25, 0.3) is 0 Å². The third kappa shape index (κ3) is 6.41. The topological polar surface area (TPSA) is 53.6 Å². The molecule has 1 aliphatic carbocycles. The van der Waals surface area contributed by atoms with E-state index in [0.29, 0.717) is 6.04 Å². The zero-order valence-corrected chi connectivity index (χ0v) is 18.3. The van der Waals surface area contributed by atoms with Crippen molar-refractivity contribution in [1.82, 2.24) is 20.5 Å². The molecule has 154 valence electrons. The van der Waals surface area contributed by atoms with Gasteiger partial charge >= 0.3 is 0 Å². The van der Waals surface area contributed by atoms with Gasteiger partial charge in [0.05, 0.1) is 11.9 Å². The van der Waals surface area contributed by atoms with E-state index >= 15 is 0 Å². The molecule has 0 unspecified atom stereocenters. The van der Waals surface area contributed by atoms with E-state index in [1.165, 1.54) is 25.7 Å². The Bertz CT molecular complexity index is 850. The van der Waals surface area contributed by atoms with Gasteiger partial charge in [-0.3, -0.25) is 10.1 Å². The highest BCUT2D eigenvalue weighted by Gasteiger charge is 2.17. The van der Waals surface area contributed by atoms with Crippen LogP contribution in [0.4, 0.5) is 0 Å². The first kappa shape index (κ1) is 21.5. The number of H-pyrrole nitrogens is 1. The summed E-state index contributed by atoms with van der Waals surface area (Å²) in [6.07, 6.45) is 11.0. The highest BCUT2D eigenvalue weighted by Crippen LogP contribution is 2.30. The molecule has 29 heavy (non-hydrogen) atoms. The lowest BCUT2D eigenvalue weighted by Gasteiger charge is -2.28. The molecule has 1 fully saturated rings. The second kappa shape index (κ2) is 10.6. The van der Waals surface area contributed by atoms with Gasteiger partial charge in [0.2, 0.25) is 0 Å². The second-order valence-electron chi connectivity index (χ2n) is 8.18. The van der Waals surface area contributed by atoms with Gasteiger partial charge in [-0.15, -0.1) is 0 Å². The van der Waals surface area contributed by atoms with Crippen LogP contribution in [0.2, 0.25) is 5.02 Å². The molecular weight excluding hydrogens is 380 g/mol. The van der Waals surface area contributed by atoms with Crippen molar-refractivity contribution in [2.45, 2.75) is 58.5 Å². The Hall–Kier alpha value is -2.17. The number of hydrogen-bond donors (Lipinski definition) is 2. The van der Waals surface area contributed by atoms with Gasteiger partial charge in [-0.05, 0) is 61.4 Å². The van der Waals surface area contributed by atoms with Gasteiger partial charge in [0.1, 0.15) is 0 Å². The lowest BCUT2D eigenvalue weighted by atomic mass is 9.87. The van der Waals surface area contributed by atoms with Gasteiger partial charge in [-0.2, -0.15) is 5.10 Å². The fraction of sp³-hybridized carbons (Fsp3) is 0.417. The summed E-state index contributed by atoms with van der Waals surface area (Å²) in [5.74, 6) is 0.972. The maximum Gasteiger partial charge on any atom is 0.0728 e. The first-order chi connectivity index (χ1) is 14.0. The summed E-state index contributed by atoms with van der Waals surface area (Å²) in [5, 5.41) is 11.5. The third-order valence-electron chi connectivity index (χ3n) is 5.35. The summed E-state index contributed by atoms with van der Waals surface area (Å²) in [4.78, 5) is 4.02. The number of aromatic nitrogens is 3. The van der Waals surface area contributed by atoms with Crippen molar-refractivity contribution < 1.29 is 0 Å². The van der Waals surface area contributed by atoms with E-state index in [-0.39, 0.29) is 0 Å². The van der Waals surface area contributed by atoms with Crippen LogP contribution >= 0.6 is 11.6 Å². The summed E-state index contributed by atoms with van der Waals surface area (Å²) < 4.78 is 0. The lowest BCUT2D eigenvalue weighted by Crippen LogP contribution is -2.37. The third-order valence-corrected chi connectivity index (χ3v) is 5.60. The maximum absolute atomic E-state index is 5.90. The molecule has 0 bridgehead atoms. The number of pyridine rings is 1. The van der Waals surface area contributed by atoms with Crippen LogP contribution in [0.25, 0.3) is 22.4 Å². The van der Waals surface area contributed by atoms with Crippen molar-refractivity contribution >= 4 is 11.6 Å². The van der Waals surface area contributed by atoms with E-state index in [4.69, 9.17) is 11.6 Å². The fourth-order valence-corrected chi connectivity index (χ4v) is 3.90. The van der Waals surface area contributed by atoms with Crippen LogP contribution < -0.4 is 5.32 Å². The van der Waals surface area contributed by atoms with Crippen LogP contribution in [0.15, 0.2) is 55.0 Å². The molecule has 0 radical (unpaired) electrons. The number of rotatable bonds is 4. The molecule has 3 aromatic rings. The monoisotopic (exact) mass is 410 g/mol. The molecule has 0 atom stereocenters. The standard InChI is InChI=1S/C14H10ClN3.C10H21N/c15-12-3-1-11(2-4-12)14-13(9-17-18-14)10-5-7-16-8-6-10;1-8(2)11-10-6-4-9(3)5-7-10/h1-9H,(H,17,18);8-11H,4-7H2,1-3H3. The van der Waals surface area contributed by atoms with Crippen molar-refractivity contribution in [2.75, 3.05) is 0 Å². The molecule has 0 spiro atoms. The average molecular weight is 411 g/mol. The smallest absolute Gasteiger partial charge is 0.0728 e. The highest BCUT2D eigenvalue weighted by atomic mass is 35.5. The molecule has 2 heterocycles. The number of nitrogens with zero attached hydrogens (tertiary/aromatic N) is 2. The van der Waals surface area contributed by atoms with Crippen LogP contribution in [0, 0.1) is 5.92 Å². The van der Waals surface area contributed by atoms with E-state index < -0.39 is 0 Å². The summed E-state index contributed by atoms with van der Waals surface area (Å²) in [6, 6.07) is 13.1. The Morgan fingerprint density at radius 1 is 0.966 bits per heavy atom. The van der Waals surface area contributed by atoms with Crippen LogP contribution in [-0.4, -0.2) is 27.3 Å². The second-order valence-corrected chi connectivity index (χ2v) is 8.62. The van der Waals surface area contributed by atoms with Crippen molar-refractivity contribution in [3.8, 4) is 22.4 Å². The van der Waals surface area contributed by atoms with E-state index in [1.807, 2.05) is 42.6 Å². The van der Waals surface area contributed by atoms with Crippen LogP contribution in [0.5, 0.6) is 0 Å². The molecule has 1 aromatic carbocycles. The molecule has 1 aliphatic rings. The number of halogens is 1. The zero-order valence-electron chi connectivity index (χ0n) is 17.5. The van der Waals surface area contributed by atoms with Gasteiger partial charge < -0.3 is 5.32 Å². The minimum Gasteiger partial charge on any atom is -0.312 e. The largest absolute Gasteiger partial charge is 0.312 e. The first-order valence-corrected chi connectivity index (χ1v) is 10.9. The molecule has 0 amide bonds. The zero-order chi connectivity index (χ0) is 20.6. The Balaban J connectivity index is 0.000000188. The number of hydrogen-bond acceptors (Lipinski definition) is 3. The molecule has 2 N–H and O–H groups in total. The first-order valence-electron chi connectivity index (χ1n) is 10.5. The number of nitrogens with one attached hydrogen (secondary N) is 2. The predicted octanol–water partition coefficient (Wildman–Crippen LogP) is 6.36. The lowest BCUT2D eigenvalue weighted by molar-refractivity contribution is 0.295. The maximum atomic E-state index is 5.90. The molecule has 0 saturated heterocycles. The molecule has 1 saturated carbocycles. The van der Waals surface area contributed by atoms with Crippen LogP contribution in [-0.2, 0) is 0 Å². The van der Waals surface area contributed by atoms with E-state index in [2.05, 4.69) is 41.3 Å². The molecule has 2 aromatic heterocycles. The molecule has 5 heteroatoms. The quantitative estimate of drug-likeness (QED) is 0.526. The van der Waals surface area contributed by atoms with Crippen molar-refractivity contribution in [1.29, 1.82) is 0 Å². The molecular formula is C24H31ClN4. The molecule has 4 nitrogen and oxygen atoms in total. The average Bonchev–Trinajstić information content (AvgIpc) is 3.21. The number of benzene rings is 1. The normalized spacial score (nSPS) is 18.9. The highest BCUT2D eigenvalue weighted by molar-refractivity contribution is 6.30. The Morgan fingerprint density at radius 3 is 2.24 bits per heavy atom. The molecule has 0 aliphatic heterocycles. The van der Waals surface area contributed by atoms with Crippen molar-refractivity contribution in [2.24, 2.45) is 5.92 Å². The van der Waals surface area contributed by atoms with Crippen LogP contribution in [0.3, 0.4) is 0 Å². The summed E-state index contributed by atoms with van der Waals surface area (Å²) in [5.41, 5.74) is 4.19. The Labute approximate surface area is 179 Å². The fourth-order valence-electron chi connectivity index (χ4n) is 3.77. The predicted molar refractivity (Wildman–Crippen MR) is 122 cm³/mol. The van der Waals surface area contributed by atoms with Gasteiger partial charge in [0.15, 0.2) is 0 Å². The number of aromatic amines is 1. The molecule has 4 rings (SSSR count). The van der Waals surface area contributed by atoms with Gasteiger partial charge in [-0.1, -0.05) is 44.5 Å². The van der Waals surface area contributed by atoms with E-state index in [0.717, 1.165) is 39.4 Å². The van der Waals surface area contributed by atoms with Gasteiger partial charge in [0, 0.05) is 40.6 Å². The minimum absolute atomic E-state index is 0.661. The summed E-state index contributed by atoms with van der Waals surface area (Å²) in [6.45, 7) is 6.83. The van der Waals surface area contributed by atoms with Crippen molar-refractivity contribution in [3.05, 3.63) is 60.0 Å². The summed E-state index contributed by atoms with van der Waals surface area (Å²) in [7, 11) is 0. The summed E-state index contributed by atoms with van der Waals surface area (Å²) >= 11 is 5.90. The minimum atomic E-state index is 0.661. The van der Waals surface area contributed by atoms with Crippen LogP contribution in [0.1, 0.15) is 46.5 Å². The van der Waals surface area contributed by atoms with Gasteiger partial charge in [-0.25, -0.2) is 0 Å².